The summed E-state index contributed by atoms with van der Waals surface area (Å²) >= 11 is 0. The summed E-state index contributed by atoms with van der Waals surface area (Å²) in [5.74, 6) is 0.171. The SMILES string of the molecule is Cn1cc(S(=O)(=O)N2CCOCC2)cc1C(=O)Nc1cccc(-c2ccno2)c1. The third kappa shape index (κ3) is 3.95. The topological polar surface area (TPSA) is 107 Å². The predicted octanol–water partition coefficient (Wildman–Crippen LogP) is 1.95. The van der Waals surface area contributed by atoms with Crippen LogP contribution in [0.25, 0.3) is 11.3 Å². The molecule has 1 amide bonds. The number of aromatic nitrogens is 2. The third-order valence-corrected chi connectivity index (χ3v) is 6.53. The van der Waals surface area contributed by atoms with Crippen molar-refractivity contribution < 1.29 is 22.5 Å². The summed E-state index contributed by atoms with van der Waals surface area (Å²) in [6.07, 6.45) is 2.99. The summed E-state index contributed by atoms with van der Waals surface area (Å²) < 4.78 is 38.9. The number of morpholine rings is 1. The molecule has 1 saturated heterocycles. The molecule has 0 radical (unpaired) electrons. The van der Waals surface area contributed by atoms with Crippen LogP contribution in [0.4, 0.5) is 5.69 Å². The highest BCUT2D eigenvalue weighted by Crippen LogP contribution is 2.24. The lowest BCUT2D eigenvalue weighted by atomic mass is 10.1. The number of anilines is 1. The highest BCUT2D eigenvalue weighted by atomic mass is 32.2. The summed E-state index contributed by atoms with van der Waals surface area (Å²) in [6, 6.07) is 10.2. The van der Waals surface area contributed by atoms with E-state index in [4.69, 9.17) is 9.26 Å². The summed E-state index contributed by atoms with van der Waals surface area (Å²) in [5.41, 5.74) is 1.56. The minimum absolute atomic E-state index is 0.0856. The van der Waals surface area contributed by atoms with E-state index in [0.717, 1.165) is 5.56 Å². The molecule has 1 aromatic carbocycles. The van der Waals surface area contributed by atoms with Gasteiger partial charge in [0.2, 0.25) is 10.0 Å². The van der Waals surface area contributed by atoms with Crippen molar-refractivity contribution in [3.05, 3.63) is 54.5 Å². The van der Waals surface area contributed by atoms with Gasteiger partial charge < -0.3 is 19.1 Å². The number of nitrogens with one attached hydrogen (secondary N) is 1. The van der Waals surface area contributed by atoms with Crippen molar-refractivity contribution in [1.29, 1.82) is 0 Å². The number of nitrogens with zero attached hydrogens (tertiary/aromatic N) is 3. The lowest BCUT2D eigenvalue weighted by Crippen LogP contribution is -2.40. The molecule has 3 aromatic rings. The number of amides is 1. The molecule has 0 atom stereocenters. The van der Waals surface area contributed by atoms with Crippen LogP contribution < -0.4 is 5.32 Å². The van der Waals surface area contributed by atoms with Gasteiger partial charge in [-0.25, -0.2) is 8.42 Å². The lowest BCUT2D eigenvalue weighted by Gasteiger charge is -2.25. The van der Waals surface area contributed by atoms with E-state index in [0.29, 0.717) is 37.8 Å². The van der Waals surface area contributed by atoms with E-state index in [2.05, 4.69) is 10.5 Å². The van der Waals surface area contributed by atoms with Gasteiger partial charge in [-0.2, -0.15) is 4.31 Å². The molecule has 1 fully saturated rings. The van der Waals surface area contributed by atoms with E-state index in [1.165, 1.54) is 21.1 Å². The summed E-state index contributed by atoms with van der Waals surface area (Å²) in [6.45, 7) is 1.32. The average Bonchev–Trinajstić information content (AvgIpc) is 3.39. The van der Waals surface area contributed by atoms with Gasteiger partial charge in [0.15, 0.2) is 5.76 Å². The molecule has 1 aliphatic heterocycles. The third-order valence-electron chi connectivity index (χ3n) is 4.66. The Bertz CT molecular complexity index is 1120. The van der Waals surface area contributed by atoms with E-state index >= 15 is 0 Å². The molecule has 2 aromatic heterocycles. The molecule has 4 rings (SSSR count). The number of rotatable bonds is 5. The first-order chi connectivity index (χ1) is 13.9. The lowest BCUT2D eigenvalue weighted by molar-refractivity contribution is 0.0730. The molecule has 9 nitrogen and oxygen atoms in total. The Hall–Kier alpha value is -2.95. The second kappa shape index (κ2) is 7.82. The molecule has 29 heavy (non-hydrogen) atoms. The van der Waals surface area contributed by atoms with Gasteiger partial charge in [0, 0.05) is 43.7 Å². The molecular formula is C19H20N4O5S. The average molecular weight is 416 g/mol. The van der Waals surface area contributed by atoms with Gasteiger partial charge in [-0.3, -0.25) is 4.79 Å². The second-order valence-corrected chi connectivity index (χ2v) is 8.54. The number of carbonyl (C=O) groups excluding carboxylic acids is 1. The molecule has 0 unspecified atom stereocenters. The van der Waals surface area contributed by atoms with Gasteiger partial charge in [0.05, 0.1) is 19.4 Å². The van der Waals surface area contributed by atoms with E-state index < -0.39 is 15.9 Å². The van der Waals surface area contributed by atoms with E-state index in [1.54, 1.807) is 37.5 Å². The largest absolute Gasteiger partial charge is 0.379 e. The maximum atomic E-state index is 12.8. The fourth-order valence-electron chi connectivity index (χ4n) is 3.15. The Balaban J connectivity index is 1.55. The van der Waals surface area contributed by atoms with Crippen molar-refractivity contribution >= 4 is 21.6 Å². The van der Waals surface area contributed by atoms with Crippen LogP contribution in [0.1, 0.15) is 10.5 Å². The van der Waals surface area contributed by atoms with Gasteiger partial charge in [-0.1, -0.05) is 17.3 Å². The molecule has 1 N–H and O–H groups in total. The van der Waals surface area contributed by atoms with Crippen molar-refractivity contribution in [3.8, 4) is 11.3 Å². The molecule has 3 heterocycles. The standard InChI is InChI=1S/C19H20N4O5S/c1-22-13-16(29(25,26)23-7-9-27-10-8-23)12-17(22)19(24)21-15-4-2-3-14(11-15)18-5-6-20-28-18/h2-6,11-13H,7-10H2,1H3,(H,21,24). The number of hydrogen-bond acceptors (Lipinski definition) is 6. The van der Waals surface area contributed by atoms with Crippen molar-refractivity contribution in [2.24, 2.45) is 7.05 Å². The Morgan fingerprint density at radius 2 is 1.97 bits per heavy atom. The first-order valence-electron chi connectivity index (χ1n) is 9.02. The number of sulfonamides is 1. The monoisotopic (exact) mass is 416 g/mol. The zero-order valence-electron chi connectivity index (χ0n) is 15.7. The fourth-order valence-corrected chi connectivity index (χ4v) is 4.63. The van der Waals surface area contributed by atoms with Gasteiger partial charge >= 0.3 is 0 Å². The van der Waals surface area contributed by atoms with Gasteiger partial charge in [-0.15, -0.1) is 0 Å². The van der Waals surface area contributed by atoms with Crippen LogP contribution in [0.2, 0.25) is 0 Å². The van der Waals surface area contributed by atoms with E-state index in [1.807, 2.05) is 6.07 Å². The maximum Gasteiger partial charge on any atom is 0.272 e. The van der Waals surface area contributed by atoms with Gasteiger partial charge in [0.1, 0.15) is 10.6 Å². The van der Waals surface area contributed by atoms with Crippen LogP contribution >= 0.6 is 0 Å². The molecule has 0 saturated carbocycles. The van der Waals surface area contributed by atoms with E-state index in [9.17, 15) is 13.2 Å². The highest BCUT2D eigenvalue weighted by molar-refractivity contribution is 7.89. The number of ether oxygens (including phenoxy) is 1. The van der Waals surface area contributed by atoms with Crippen molar-refractivity contribution in [2.45, 2.75) is 4.90 Å². The molecule has 0 spiro atoms. The van der Waals surface area contributed by atoms with Crippen molar-refractivity contribution in [1.82, 2.24) is 14.0 Å². The Kier molecular flexibility index (Phi) is 5.22. The molecule has 0 bridgehead atoms. The molecule has 10 heteroatoms. The first-order valence-corrected chi connectivity index (χ1v) is 10.5. The number of hydrogen-bond donors (Lipinski definition) is 1. The van der Waals surface area contributed by atoms with Crippen LogP contribution in [0.3, 0.4) is 0 Å². The molecule has 152 valence electrons. The number of aryl methyl sites for hydroxylation is 1. The van der Waals surface area contributed by atoms with Crippen LogP contribution in [0, 0.1) is 0 Å². The number of carbonyl (C=O) groups is 1. The quantitative estimate of drug-likeness (QED) is 0.681. The van der Waals surface area contributed by atoms with Crippen molar-refractivity contribution in [2.75, 3.05) is 31.6 Å². The Morgan fingerprint density at radius 1 is 1.17 bits per heavy atom. The maximum absolute atomic E-state index is 12.8. The Morgan fingerprint density at radius 3 is 2.69 bits per heavy atom. The minimum atomic E-state index is -3.67. The first kappa shape index (κ1) is 19.4. The minimum Gasteiger partial charge on any atom is -0.379 e. The Labute approximate surface area is 167 Å². The van der Waals surface area contributed by atoms with Gasteiger partial charge in [-0.05, 0) is 18.2 Å². The normalized spacial score (nSPS) is 15.3. The van der Waals surface area contributed by atoms with Crippen LogP contribution in [0.5, 0.6) is 0 Å². The zero-order valence-corrected chi connectivity index (χ0v) is 16.6. The highest BCUT2D eigenvalue weighted by Gasteiger charge is 2.28. The number of benzene rings is 1. The summed E-state index contributed by atoms with van der Waals surface area (Å²) in [5, 5.41) is 6.47. The van der Waals surface area contributed by atoms with Crippen LogP contribution in [-0.2, 0) is 21.8 Å². The zero-order chi connectivity index (χ0) is 20.4. The second-order valence-electron chi connectivity index (χ2n) is 6.60. The van der Waals surface area contributed by atoms with Crippen LogP contribution in [-0.4, -0.2) is 54.7 Å². The molecule has 1 aliphatic rings. The summed E-state index contributed by atoms with van der Waals surface area (Å²) in [7, 11) is -2.04. The summed E-state index contributed by atoms with van der Waals surface area (Å²) in [4.78, 5) is 12.8. The van der Waals surface area contributed by atoms with E-state index in [-0.39, 0.29) is 10.6 Å². The molecule has 0 aliphatic carbocycles. The molecular weight excluding hydrogens is 396 g/mol. The smallest absolute Gasteiger partial charge is 0.272 e. The van der Waals surface area contributed by atoms with Crippen molar-refractivity contribution in [3.63, 3.8) is 0 Å². The predicted molar refractivity (Wildman–Crippen MR) is 105 cm³/mol. The van der Waals surface area contributed by atoms with Crippen LogP contribution in [0.15, 0.2) is 58.2 Å². The van der Waals surface area contributed by atoms with Gasteiger partial charge in [0.25, 0.3) is 5.91 Å². The fraction of sp³-hybridized carbons (Fsp3) is 0.263.